The zero-order valence-corrected chi connectivity index (χ0v) is 13.7. The summed E-state index contributed by atoms with van der Waals surface area (Å²) in [6.07, 6.45) is 3.77. The fourth-order valence-electron chi connectivity index (χ4n) is 3.84. The van der Waals surface area contributed by atoms with Crippen molar-refractivity contribution in [3.63, 3.8) is 0 Å². The second-order valence-corrected chi connectivity index (χ2v) is 7.01. The van der Waals surface area contributed by atoms with Crippen LogP contribution in [0.5, 0.6) is 0 Å². The molecule has 0 aromatic carbocycles. The van der Waals surface area contributed by atoms with Crippen molar-refractivity contribution in [2.24, 2.45) is 11.3 Å². The summed E-state index contributed by atoms with van der Waals surface area (Å²) >= 11 is 0. The largest absolute Gasteiger partial charge is 0.381 e. The molecule has 0 radical (unpaired) electrons. The summed E-state index contributed by atoms with van der Waals surface area (Å²) in [7, 11) is 4.55. The highest BCUT2D eigenvalue weighted by molar-refractivity contribution is 4.87. The molecule has 20 heavy (non-hydrogen) atoms. The molecule has 2 fully saturated rings. The Kier molecular flexibility index (Phi) is 6.27. The van der Waals surface area contributed by atoms with Crippen molar-refractivity contribution in [1.82, 2.24) is 15.1 Å². The van der Waals surface area contributed by atoms with Crippen LogP contribution in [0.4, 0.5) is 0 Å². The van der Waals surface area contributed by atoms with Crippen molar-refractivity contribution in [3.8, 4) is 0 Å². The first-order valence-electron chi connectivity index (χ1n) is 8.29. The molecule has 2 saturated heterocycles. The van der Waals surface area contributed by atoms with Crippen LogP contribution in [0.3, 0.4) is 0 Å². The molecule has 1 atom stereocenters. The van der Waals surface area contributed by atoms with Crippen LogP contribution in [0.1, 0.15) is 26.2 Å². The highest BCUT2D eigenvalue weighted by Crippen LogP contribution is 2.31. The van der Waals surface area contributed by atoms with Crippen molar-refractivity contribution in [2.45, 2.75) is 26.2 Å². The van der Waals surface area contributed by atoms with Crippen molar-refractivity contribution in [1.29, 1.82) is 0 Å². The molecule has 4 nitrogen and oxygen atoms in total. The quantitative estimate of drug-likeness (QED) is 0.762. The summed E-state index contributed by atoms with van der Waals surface area (Å²) in [5.74, 6) is 0.862. The third-order valence-corrected chi connectivity index (χ3v) is 4.97. The van der Waals surface area contributed by atoms with Gasteiger partial charge in [-0.05, 0) is 57.8 Å². The molecule has 2 aliphatic rings. The summed E-state index contributed by atoms with van der Waals surface area (Å²) in [5.41, 5.74) is 0.424. The third kappa shape index (κ3) is 4.69. The molecule has 0 spiro atoms. The summed E-state index contributed by atoms with van der Waals surface area (Å²) < 4.78 is 5.58. The van der Waals surface area contributed by atoms with Gasteiger partial charge in [-0.3, -0.25) is 0 Å². The molecule has 0 amide bonds. The molecule has 1 unspecified atom stereocenters. The number of hydrogen-bond donors (Lipinski definition) is 1. The summed E-state index contributed by atoms with van der Waals surface area (Å²) in [5, 5.41) is 3.57. The fourth-order valence-corrected chi connectivity index (χ4v) is 3.84. The van der Waals surface area contributed by atoms with Crippen molar-refractivity contribution in [3.05, 3.63) is 0 Å². The first-order valence-corrected chi connectivity index (χ1v) is 8.29. The molecule has 1 N–H and O–H groups in total. The molecular formula is C16H33N3O. The third-order valence-electron chi connectivity index (χ3n) is 4.97. The number of nitrogens with zero attached hydrogens (tertiary/aromatic N) is 2. The smallest absolute Gasteiger partial charge is 0.0472 e. The lowest BCUT2D eigenvalue weighted by molar-refractivity contribution is -0.00199. The van der Waals surface area contributed by atoms with E-state index in [0.29, 0.717) is 5.41 Å². The number of likely N-dealkylation sites (tertiary alicyclic amines) is 1. The molecule has 0 aromatic heterocycles. The number of nitrogens with one attached hydrogen (secondary N) is 1. The minimum absolute atomic E-state index is 0.424. The Labute approximate surface area is 124 Å². The molecule has 2 rings (SSSR count). The van der Waals surface area contributed by atoms with Crippen molar-refractivity contribution in [2.75, 3.05) is 66.6 Å². The maximum Gasteiger partial charge on any atom is 0.0472 e. The van der Waals surface area contributed by atoms with Gasteiger partial charge in [0.15, 0.2) is 0 Å². The van der Waals surface area contributed by atoms with E-state index in [9.17, 15) is 0 Å². The zero-order valence-electron chi connectivity index (χ0n) is 13.7. The average molecular weight is 283 g/mol. The Balaban J connectivity index is 1.82. The Morgan fingerprint density at radius 3 is 2.70 bits per heavy atom. The normalized spacial score (nSPS) is 27.3. The fraction of sp³-hybridized carbons (Fsp3) is 1.00. The number of hydrogen-bond acceptors (Lipinski definition) is 4. The van der Waals surface area contributed by atoms with Gasteiger partial charge >= 0.3 is 0 Å². The Morgan fingerprint density at radius 1 is 1.35 bits per heavy atom. The number of ether oxygens (including phenoxy) is 1. The van der Waals surface area contributed by atoms with Crippen LogP contribution in [0.15, 0.2) is 0 Å². The number of rotatable bonds is 7. The van der Waals surface area contributed by atoms with Gasteiger partial charge < -0.3 is 19.9 Å². The van der Waals surface area contributed by atoms with Crippen LogP contribution in [-0.4, -0.2) is 76.4 Å². The van der Waals surface area contributed by atoms with Crippen molar-refractivity contribution < 1.29 is 4.74 Å². The monoisotopic (exact) mass is 283 g/mol. The lowest BCUT2D eigenvalue weighted by Gasteiger charge is -2.40. The van der Waals surface area contributed by atoms with Gasteiger partial charge in [0.2, 0.25) is 0 Å². The first-order chi connectivity index (χ1) is 9.63. The van der Waals surface area contributed by atoms with E-state index in [1.807, 2.05) is 0 Å². The minimum atomic E-state index is 0.424. The standard InChI is InChI=1S/C16H33N3O/c1-4-17-13-16(6-9-20-10-7-16)14-19(3)12-15-5-8-18(2)11-15/h15,17H,4-14H2,1-3H3. The average Bonchev–Trinajstić information content (AvgIpc) is 2.82. The summed E-state index contributed by atoms with van der Waals surface area (Å²) in [4.78, 5) is 5.04. The molecule has 118 valence electrons. The van der Waals surface area contributed by atoms with E-state index < -0.39 is 0 Å². The zero-order chi connectivity index (χ0) is 14.4. The van der Waals surface area contributed by atoms with Gasteiger partial charge in [0.25, 0.3) is 0 Å². The van der Waals surface area contributed by atoms with E-state index in [0.717, 1.165) is 32.2 Å². The van der Waals surface area contributed by atoms with Crippen LogP contribution in [-0.2, 0) is 4.74 Å². The van der Waals surface area contributed by atoms with Gasteiger partial charge in [-0.1, -0.05) is 6.92 Å². The molecule has 4 heteroatoms. The predicted octanol–water partition coefficient (Wildman–Crippen LogP) is 1.28. The van der Waals surface area contributed by atoms with E-state index in [1.165, 1.54) is 45.4 Å². The van der Waals surface area contributed by atoms with Gasteiger partial charge in [-0.15, -0.1) is 0 Å². The highest BCUT2D eigenvalue weighted by atomic mass is 16.5. The lowest BCUT2D eigenvalue weighted by Crippen LogP contribution is -2.47. The van der Waals surface area contributed by atoms with E-state index in [-0.39, 0.29) is 0 Å². The van der Waals surface area contributed by atoms with Gasteiger partial charge in [-0.2, -0.15) is 0 Å². The van der Waals surface area contributed by atoms with Gasteiger partial charge in [-0.25, -0.2) is 0 Å². The first kappa shape index (κ1) is 16.2. The maximum atomic E-state index is 5.58. The van der Waals surface area contributed by atoms with E-state index in [4.69, 9.17) is 4.74 Å². The van der Waals surface area contributed by atoms with Crippen LogP contribution in [0.25, 0.3) is 0 Å². The van der Waals surface area contributed by atoms with Gasteiger partial charge in [0, 0.05) is 39.4 Å². The SMILES string of the molecule is CCNCC1(CN(C)CC2CCN(C)C2)CCOCC1. The molecule has 2 aliphatic heterocycles. The molecular weight excluding hydrogens is 250 g/mol. The van der Waals surface area contributed by atoms with Gasteiger partial charge in [0.1, 0.15) is 0 Å². The lowest BCUT2D eigenvalue weighted by atomic mass is 9.79. The predicted molar refractivity (Wildman–Crippen MR) is 84.1 cm³/mol. The van der Waals surface area contributed by atoms with E-state index in [2.05, 4.69) is 36.1 Å². The van der Waals surface area contributed by atoms with Crippen LogP contribution < -0.4 is 5.32 Å². The second-order valence-electron chi connectivity index (χ2n) is 7.01. The Hall–Kier alpha value is -0.160. The molecule has 0 bridgehead atoms. The second kappa shape index (κ2) is 7.74. The topological polar surface area (TPSA) is 27.7 Å². The van der Waals surface area contributed by atoms with Crippen LogP contribution >= 0.6 is 0 Å². The van der Waals surface area contributed by atoms with Crippen molar-refractivity contribution >= 4 is 0 Å². The minimum Gasteiger partial charge on any atom is -0.381 e. The van der Waals surface area contributed by atoms with Crippen LogP contribution in [0, 0.1) is 11.3 Å². The van der Waals surface area contributed by atoms with E-state index >= 15 is 0 Å². The maximum absolute atomic E-state index is 5.58. The Bertz CT molecular complexity index is 279. The van der Waals surface area contributed by atoms with Gasteiger partial charge in [0.05, 0.1) is 0 Å². The van der Waals surface area contributed by atoms with Crippen LogP contribution in [0.2, 0.25) is 0 Å². The highest BCUT2D eigenvalue weighted by Gasteiger charge is 2.34. The molecule has 0 aliphatic carbocycles. The summed E-state index contributed by atoms with van der Waals surface area (Å²) in [6, 6.07) is 0. The molecule has 0 aromatic rings. The van der Waals surface area contributed by atoms with E-state index in [1.54, 1.807) is 0 Å². The summed E-state index contributed by atoms with van der Waals surface area (Å²) in [6.45, 7) is 11.3. The Morgan fingerprint density at radius 2 is 2.10 bits per heavy atom. The molecule has 0 saturated carbocycles. The molecule has 2 heterocycles.